The zero-order chi connectivity index (χ0) is 14.5. The number of carbonyl (C=O) groups is 2. The van der Waals surface area contributed by atoms with E-state index in [1.54, 1.807) is 24.3 Å². The number of anilines is 1. The van der Waals surface area contributed by atoms with E-state index in [0.717, 1.165) is 18.8 Å². The normalized spacial score (nSPS) is 21.5. The van der Waals surface area contributed by atoms with E-state index in [4.69, 9.17) is 0 Å². The molecule has 2 amide bonds. The standard InChI is InChI=1S/C15H21N3O2/c1-3-17-14(19)11-4-6-12(7-5-11)18-15(20)13-9-16-8-10(13)2/h4-7,10,13,16H,3,8-9H2,1-2H3,(H,17,19)(H,18,20). The van der Waals surface area contributed by atoms with Crippen molar-refractivity contribution in [1.29, 1.82) is 0 Å². The van der Waals surface area contributed by atoms with Crippen molar-refractivity contribution in [1.82, 2.24) is 10.6 Å². The lowest BCUT2D eigenvalue weighted by molar-refractivity contribution is -0.120. The lowest BCUT2D eigenvalue weighted by Crippen LogP contribution is -2.28. The molecule has 1 fully saturated rings. The molecule has 5 heteroatoms. The molecule has 0 spiro atoms. The van der Waals surface area contributed by atoms with Crippen molar-refractivity contribution in [3.05, 3.63) is 29.8 Å². The molecule has 1 aliphatic heterocycles. The molecule has 20 heavy (non-hydrogen) atoms. The summed E-state index contributed by atoms with van der Waals surface area (Å²) < 4.78 is 0. The van der Waals surface area contributed by atoms with Gasteiger partial charge in [0.05, 0.1) is 5.92 Å². The van der Waals surface area contributed by atoms with Gasteiger partial charge in [-0.25, -0.2) is 0 Å². The van der Waals surface area contributed by atoms with E-state index in [-0.39, 0.29) is 17.7 Å². The van der Waals surface area contributed by atoms with Gasteiger partial charge in [0.15, 0.2) is 0 Å². The molecule has 2 unspecified atom stereocenters. The van der Waals surface area contributed by atoms with Gasteiger partial charge in [-0.1, -0.05) is 6.92 Å². The fourth-order valence-electron chi connectivity index (χ4n) is 2.36. The molecule has 0 bridgehead atoms. The molecule has 1 aromatic rings. The lowest BCUT2D eigenvalue weighted by atomic mass is 9.97. The van der Waals surface area contributed by atoms with Crippen LogP contribution in [0.3, 0.4) is 0 Å². The summed E-state index contributed by atoms with van der Waals surface area (Å²) in [5, 5.41) is 8.85. The molecule has 1 aliphatic rings. The van der Waals surface area contributed by atoms with E-state index >= 15 is 0 Å². The minimum atomic E-state index is -0.0982. The molecule has 108 valence electrons. The molecule has 2 rings (SSSR count). The van der Waals surface area contributed by atoms with Crippen LogP contribution in [-0.2, 0) is 4.79 Å². The molecule has 0 aliphatic carbocycles. The van der Waals surface area contributed by atoms with E-state index in [9.17, 15) is 9.59 Å². The average molecular weight is 275 g/mol. The van der Waals surface area contributed by atoms with Crippen molar-refractivity contribution in [3.63, 3.8) is 0 Å². The van der Waals surface area contributed by atoms with Crippen LogP contribution in [-0.4, -0.2) is 31.4 Å². The summed E-state index contributed by atoms with van der Waals surface area (Å²) in [6.45, 7) is 6.16. The van der Waals surface area contributed by atoms with Gasteiger partial charge in [-0.15, -0.1) is 0 Å². The van der Waals surface area contributed by atoms with Gasteiger partial charge in [0.2, 0.25) is 5.91 Å². The van der Waals surface area contributed by atoms with E-state index in [2.05, 4.69) is 22.9 Å². The first-order valence-electron chi connectivity index (χ1n) is 7.01. The van der Waals surface area contributed by atoms with Crippen molar-refractivity contribution in [2.24, 2.45) is 11.8 Å². The summed E-state index contributed by atoms with van der Waals surface area (Å²) in [5.74, 6) is 0.301. The first kappa shape index (κ1) is 14.5. The Morgan fingerprint density at radius 2 is 1.95 bits per heavy atom. The quantitative estimate of drug-likeness (QED) is 0.774. The van der Waals surface area contributed by atoms with Gasteiger partial charge in [0, 0.05) is 24.3 Å². The molecule has 2 atom stereocenters. The smallest absolute Gasteiger partial charge is 0.251 e. The van der Waals surface area contributed by atoms with Crippen LogP contribution in [0.4, 0.5) is 5.69 Å². The number of amides is 2. The second-order valence-electron chi connectivity index (χ2n) is 5.17. The monoisotopic (exact) mass is 275 g/mol. The van der Waals surface area contributed by atoms with Gasteiger partial charge >= 0.3 is 0 Å². The largest absolute Gasteiger partial charge is 0.352 e. The van der Waals surface area contributed by atoms with Crippen molar-refractivity contribution in [2.75, 3.05) is 25.0 Å². The molecule has 3 N–H and O–H groups in total. The maximum absolute atomic E-state index is 12.1. The molecule has 1 saturated heterocycles. The summed E-state index contributed by atoms with van der Waals surface area (Å²) >= 11 is 0. The third kappa shape index (κ3) is 3.36. The minimum absolute atomic E-state index is 0.0121. The van der Waals surface area contributed by atoms with Crippen molar-refractivity contribution in [3.8, 4) is 0 Å². The Morgan fingerprint density at radius 1 is 1.25 bits per heavy atom. The molecular formula is C15H21N3O2. The van der Waals surface area contributed by atoms with Gasteiger partial charge in [-0.05, 0) is 43.7 Å². The highest BCUT2D eigenvalue weighted by Crippen LogP contribution is 2.18. The van der Waals surface area contributed by atoms with Crippen molar-refractivity contribution >= 4 is 17.5 Å². The summed E-state index contributed by atoms with van der Waals surface area (Å²) in [5.41, 5.74) is 1.32. The Morgan fingerprint density at radius 3 is 2.50 bits per heavy atom. The Bertz CT molecular complexity index is 484. The maximum Gasteiger partial charge on any atom is 0.251 e. The zero-order valence-electron chi connectivity index (χ0n) is 11.9. The molecule has 1 aromatic carbocycles. The number of benzene rings is 1. The van der Waals surface area contributed by atoms with E-state index in [1.165, 1.54) is 0 Å². The second kappa shape index (κ2) is 6.52. The van der Waals surface area contributed by atoms with Gasteiger partial charge in [-0.3, -0.25) is 9.59 Å². The van der Waals surface area contributed by atoms with Crippen LogP contribution in [0.15, 0.2) is 24.3 Å². The highest BCUT2D eigenvalue weighted by Gasteiger charge is 2.29. The van der Waals surface area contributed by atoms with Crippen LogP contribution in [0.25, 0.3) is 0 Å². The number of carbonyl (C=O) groups excluding carboxylic acids is 2. The molecule has 5 nitrogen and oxygen atoms in total. The van der Waals surface area contributed by atoms with Crippen LogP contribution >= 0.6 is 0 Å². The maximum atomic E-state index is 12.1. The highest BCUT2D eigenvalue weighted by molar-refractivity contribution is 5.96. The van der Waals surface area contributed by atoms with Gasteiger partial charge in [-0.2, -0.15) is 0 Å². The summed E-state index contributed by atoms with van der Waals surface area (Å²) in [4.78, 5) is 23.7. The third-order valence-electron chi connectivity index (χ3n) is 3.61. The van der Waals surface area contributed by atoms with Gasteiger partial charge in [0.25, 0.3) is 5.91 Å². The third-order valence-corrected chi connectivity index (χ3v) is 3.61. The number of nitrogens with one attached hydrogen (secondary N) is 3. The topological polar surface area (TPSA) is 70.2 Å². The molecule has 0 saturated carbocycles. The van der Waals surface area contributed by atoms with E-state index in [1.807, 2.05) is 6.92 Å². The zero-order valence-corrected chi connectivity index (χ0v) is 11.9. The van der Waals surface area contributed by atoms with Crippen molar-refractivity contribution < 1.29 is 9.59 Å². The number of hydrogen-bond donors (Lipinski definition) is 3. The summed E-state index contributed by atoms with van der Waals surface area (Å²) in [6, 6.07) is 6.96. The Hall–Kier alpha value is -1.88. The Balaban J connectivity index is 1.96. The van der Waals surface area contributed by atoms with E-state index in [0.29, 0.717) is 18.0 Å². The first-order chi connectivity index (χ1) is 9.61. The van der Waals surface area contributed by atoms with E-state index < -0.39 is 0 Å². The minimum Gasteiger partial charge on any atom is -0.352 e. The highest BCUT2D eigenvalue weighted by atomic mass is 16.2. The average Bonchev–Trinajstić information content (AvgIpc) is 2.86. The van der Waals surface area contributed by atoms with Crippen molar-refractivity contribution in [2.45, 2.75) is 13.8 Å². The summed E-state index contributed by atoms with van der Waals surface area (Å²) in [6.07, 6.45) is 0. The molecule has 0 aromatic heterocycles. The van der Waals surface area contributed by atoms with Crippen LogP contribution in [0.1, 0.15) is 24.2 Å². The molecular weight excluding hydrogens is 254 g/mol. The van der Waals surface area contributed by atoms with Crippen LogP contribution in [0, 0.1) is 11.8 Å². The van der Waals surface area contributed by atoms with Crippen LogP contribution < -0.4 is 16.0 Å². The fourth-order valence-corrected chi connectivity index (χ4v) is 2.36. The second-order valence-corrected chi connectivity index (χ2v) is 5.17. The first-order valence-corrected chi connectivity index (χ1v) is 7.01. The Labute approximate surface area is 119 Å². The van der Waals surface area contributed by atoms with Gasteiger partial charge < -0.3 is 16.0 Å². The predicted molar refractivity (Wildman–Crippen MR) is 78.6 cm³/mol. The number of hydrogen-bond acceptors (Lipinski definition) is 3. The number of rotatable bonds is 4. The Kier molecular flexibility index (Phi) is 4.74. The van der Waals surface area contributed by atoms with Gasteiger partial charge in [0.1, 0.15) is 0 Å². The molecule has 0 radical (unpaired) electrons. The lowest BCUT2D eigenvalue weighted by Gasteiger charge is -2.14. The fraction of sp³-hybridized carbons (Fsp3) is 0.467. The SMILES string of the molecule is CCNC(=O)c1ccc(NC(=O)C2CNCC2C)cc1. The predicted octanol–water partition coefficient (Wildman–Crippen LogP) is 1.23. The van der Waals surface area contributed by atoms with Crippen LogP contribution in [0.2, 0.25) is 0 Å². The summed E-state index contributed by atoms with van der Waals surface area (Å²) in [7, 11) is 0. The van der Waals surface area contributed by atoms with Crippen LogP contribution in [0.5, 0.6) is 0 Å². The molecule has 1 heterocycles.